The summed E-state index contributed by atoms with van der Waals surface area (Å²) in [6, 6.07) is 0. The van der Waals surface area contributed by atoms with Crippen molar-refractivity contribution in [2.45, 2.75) is 6.54 Å². The lowest BCUT2D eigenvalue weighted by atomic mass is 10.4. The van der Waals surface area contributed by atoms with Gasteiger partial charge in [0.2, 0.25) is 11.8 Å². The number of ether oxygens (including phenoxy) is 1. The summed E-state index contributed by atoms with van der Waals surface area (Å²) >= 11 is 5.30. The topological polar surface area (TPSA) is 64.1 Å². The fourth-order valence-electron chi connectivity index (χ4n) is 0.776. The largest absolute Gasteiger partial charge is 0.480 e. The van der Waals surface area contributed by atoms with Gasteiger partial charge in [-0.05, 0) is 0 Å². The molecule has 0 atom stereocenters. The highest BCUT2D eigenvalue weighted by atomic mass is 35.5. The second-order valence-electron chi connectivity index (χ2n) is 2.46. The minimum absolute atomic E-state index is 0.0520. The summed E-state index contributed by atoms with van der Waals surface area (Å²) < 4.78 is 4.83. The Morgan fingerprint density at radius 3 is 2.86 bits per heavy atom. The van der Waals surface area contributed by atoms with Crippen molar-refractivity contribution in [3.8, 4) is 5.88 Å². The maximum atomic E-state index is 10.8. The molecule has 0 saturated carbocycles. The van der Waals surface area contributed by atoms with Gasteiger partial charge < -0.3 is 10.1 Å². The number of carbonyl (C=O) groups is 1. The Balaban J connectivity index is 2.47. The molecular weight excluding hydrogens is 206 g/mol. The van der Waals surface area contributed by atoms with Crippen LogP contribution in [0, 0.1) is 0 Å². The predicted octanol–water partition coefficient (Wildman–Crippen LogP) is 0.340. The molecule has 1 amide bonds. The van der Waals surface area contributed by atoms with Gasteiger partial charge in [-0.15, -0.1) is 11.6 Å². The van der Waals surface area contributed by atoms with Crippen molar-refractivity contribution in [1.29, 1.82) is 0 Å². The van der Waals surface area contributed by atoms with E-state index >= 15 is 0 Å². The Labute approximate surface area is 86.5 Å². The van der Waals surface area contributed by atoms with Gasteiger partial charge in [0.25, 0.3) is 0 Å². The zero-order valence-electron chi connectivity index (χ0n) is 7.66. The van der Waals surface area contributed by atoms with Gasteiger partial charge in [0.1, 0.15) is 5.88 Å². The summed E-state index contributed by atoms with van der Waals surface area (Å²) in [6.45, 7) is 0.322. The molecule has 76 valence electrons. The fraction of sp³-hybridized carbons (Fsp3) is 0.375. The van der Waals surface area contributed by atoms with Crippen molar-refractivity contribution >= 4 is 17.5 Å². The quantitative estimate of drug-likeness (QED) is 0.736. The summed E-state index contributed by atoms with van der Waals surface area (Å²) in [7, 11) is 1.51. The molecule has 14 heavy (non-hydrogen) atoms. The van der Waals surface area contributed by atoms with Crippen molar-refractivity contribution < 1.29 is 9.53 Å². The van der Waals surface area contributed by atoms with Crippen LogP contribution in [0.4, 0.5) is 0 Å². The first kappa shape index (κ1) is 10.7. The van der Waals surface area contributed by atoms with Crippen LogP contribution in [-0.4, -0.2) is 28.9 Å². The smallest absolute Gasteiger partial charge is 0.235 e. The van der Waals surface area contributed by atoms with Crippen LogP contribution in [0.5, 0.6) is 5.88 Å². The summed E-state index contributed by atoms with van der Waals surface area (Å²) in [5.74, 6) is 0.158. The molecule has 0 aromatic carbocycles. The number of amides is 1. The lowest BCUT2D eigenvalue weighted by Crippen LogP contribution is -2.24. The number of methoxy groups -OCH3 is 1. The molecule has 6 heteroatoms. The Morgan fingerprint density at radius 2 is 2.36 bits per heavy atom. The van der Waals surface area contributed by atoms with Crippen LogP contribution in [0.1, 0.15) is 5.69 Å². The summed E-state index contributed by atoms with van der Waals surface area (Å²) in [6.07, 6.45) is 3.02. The van der Waals surface area contributed by atoms with E-state index < -0.39 is 0 Å². The van der Waals surface area contributed by atoms with Gasteiger partial charge in [-0.1, -0.05) is 0 Å². The summed E-state index contributed by atoms with van der Waals surface area (Å²) in [4.78, 5) is 18.7. The SMILES string of the molecule is COc1cnc(CNC(=O)CCl)cn1. The van der Waals surface area contributed by atoms with Crippen molar-refractivity contribution in [2.24, 2.45) is 0 Å². The van der Waals surface area contributed by atoms with Crippen LogP contribution in [0.25, 0.3) is 0 Å². The maximum Gasteiger partial charge on any atom is 0.235 e. The fourth-order valence-corrected chi connectivity index (χ4v) is 0.871. The van der Waals surface area contributed by atoms with E-state index in [0.29, 0.717) is 18.1 Å². The molecule has 0 fully saturated rings. The van der Waals surface area contributed by atoms with E-state index in [-0.39, 0.29) is 11.8 Å². The zero-order valence-corrected chi connectivity index (χ0v) is 8.41. The minimum Gasteiger partial charge on any atom is -0.480 e. The van der Waals surface area contributed by atoms with E-state index in [2.05, 4.69) is 15.3 Å². The third-order valence-corrected chi connectivity index (χ3v) is 1.72. The number of hydrogen-bond donors (Lipinski definition) is 1. The highest BCUT2D eigenvalue weighted by Gasteiger charge is 2.00. The van der Waals surface area contributed by atoms with E-state index in [1.54, 1.807) is 0 Å². The zero-order chi connectivity index (χ0) is 10.4. The normalized spacial score (nSPS) is 9.57. The number of aromatic nitrogens is 2. The number of nitrogens with zero attached hydrogens (tertiary/aromatic N) is 2. The lowest BCUT2D eigenvalue weighted by molar-refractivity contribution is -0.118. The van der Waals surface area contributed by atoms with Gasteiger partial charge in [0.15, 0.2) is 0 Å². The van der Waals surface area contributed by atoms with Gasteiger partial charge >= 0.3 is 0 Å². The third kappa shape index (κ3) is 3.18. The molecule has 0 aliphatic rings. The first-order valence-corrected chi connectivity index (χ1v) is 4.47. The molecule has 0 bridgehead atoms. The first-order chi connectivity index (χ1) is 6.76. The highest BCUT2D eigenvalue weighted by Crippen LogP contribution is 2.01. The molecule has 1 aromatic heterocycles. The molecular formula is C8H10ClN3O2. The highest BCUT2D eigenvalue weighted by molar-refractivity contribution is 6.27. The molecule has 1 heterocycles. The van der Waals surface area contributed by atoms with E-state index in [4.69, 9.17) is 16.3 Å². The van der Waals surface area contributed by atoms with Crippen LogP contribution in [0.2, 0.25) is 0 Å². The van der Waals surface area contributed by atoms with Gasteiger partial charge in [-0.25, -0.2) is 4.98 Å². The van der Waals surface area contributed by atoms with Crippen molar-refractivity contribution in [1.82, 2.24) is 15.3 Å². The number of rotatable bonds is 4. The van der Waals surface area contributed by atoms with Crippen LogP contribution >= 0.6 is 11.6 Å². The predicted molar refractivity (Wildman–Crippen MR) is 51.2 cm³/mol. The second-order valence-corrected chi connectivity index (χ2v) is 2.73. The molecule has 0 saturated heterocycles. The third-order valence-electron chi connectivity index (χ3n) is 1.48. The Bertz CT molecular complexity index is 302. The van der Waals surface area contributed by atoms with Crippen LogP contribution in [0.3, 0.4) is 0 Å². The molecule has 0 spiro atoms. The van der Waals surface area contributed by atoms with Crippen LogP contribution in [0.15, 0.2) is 12.4 Å². The lowest BCUT2D eigenvalue weighted by Gasteiger charge is -2.02. The van der Waals surface area contributed by atoms with Crippen molar-refractivity contribution in [3.05, 3.63) is 18.1 Å². The molecule has 0 aliphatic carbocycles. The molecule has 1 N–H and O–H groups in total. The number of nitrogens with one attached hydrogen (secondary N) is 1. The average Bonchev–Trinajstić information content (AvgIpc) is 2.26. The summed E-state index contributed by atoms with van der Waals surface area (Å²) in [5, 5.41) is 2.57. The molecule has 1 aromatic rings. The molecule has 0 unspecified atom stereocenters. The minimum atomic E-state index is -0.232. The maximum absolute atomic E-state index is 10.8. The van der Waals surface area contributed by atoms with Gasteiger partial charge in [-0.2, -0.15) is 0 Å². The number of carbonyl (C=O) groups excluding carboxylic acids is 1. The van der Waals surface area contributed by atoms with E-state index in [1.807, 2.05) is 0 Å². The summed E-state index contributed by atoms with van der Waals surface area (Å²) in [5.41, 5.74) is 0.657. The van der Waals surface area contributed by atoms with E-state index in [0.717, 1.165) is 0 Å². The Morgan fingerprint density at radius 1 is 1.57 bits per heavy atom. The molecule has 1 rings (SSSR count). The van der Waals surface area contributed by atoms with E-state index in [1.165, 1.54) is 19.5 Å². The van der Waals surface area contributed by atoms with Crippen molar-refractivity contribution in [2.75, 3.05) is 13.0 Å². The second kappa shape index (κ2) is 5.39. The van der Waals surface area contributed by atoms with Crippen LogP contribution in [-0.2, 0) is 11.3 Å². The average molecular weight is 216 g/mol. The van der Waals surface area contributed by atoms with Gasteiger partial charge in [0, 0.05) is 0 Å². The first-order valence-electron chi connectivity index (χ1n) is 3.94. The number of hydrogen-bond acceptors (Lipinski definition) is 4. The Kier molecular flexibility index (Phi) is 4.12. The Hall–Kier alpha value is -1.36. The van der Waals surface area contributed by atoms with Gasteiger partial charge in [0.05, 0.1) is 31.7 Å². The van der Waals surface area contributed by atoms with Gasteiger partial charge in [-0.3, -0.25) is 9.78 Å². The number of alkyl halides is 1. The molecule has 0 aliphatic heterocycles. The number of halogens is 1. The van der Waals surface area contributed by atoms with Crippen LogP contribution < -0.4 is 10.1 Å². The molecule has 5 nitrogen and oxygen atoms in total. The molecule has 0 radical (unpaired) electrons. The standard InChI is InChI=1S/C8H10ClN3O2/c1-14-8-5-10-6(4-12-8)3-11-7(13)2-9/h4-5H,2-3H2,1H3,(H,11,13). The monoisotopic (exact) mass is 215 g/mol. The van der Waals surface area contributed by atoms with Crippen molar-refractivity contribution in [3.63, 3.8) is 0 Å². The van der Waals surface area contributed by atoms with E-state index in [9.17, 15) is 4.79 Å².